The number of carbonyl (C=O) groups is 1. The molecule has 7 nitrogen and oxygen atoms in total. The van der Waals surface area contributed by atoms with Crippen molar-refractivity contribution in [3.63, 3.8) is 0 Å². The molecule has 0 radical (unpaired) electrons. The molecule has 2 aromatic carbocycles. The third kappa shape index (κ3) is 3.50. The summed E-state index contributed by atoms with van der Waals surface area (Å²) in [5.74, 6) is -0.0558. The second-order valence-corrected chi connectivity index (χ2v) is 9.57. The molecule has 30 heavy (non-hydrogen) atoms. The van der Waals surface area contributed by atoms with Crippen LogP contribution in [0.4, 0.5) is 0 Å². The van der Waals surface area contributed by atoms with Crippen LogP contribution in [0, 0.1) is 13.8 Å². The largest absolute Gasteiger partial charge is 0.337 e. The zero-order valence-electron chi connectivity index (χ0n) is 17.5. The third-order valence-corrected chi connectivity index (χ3v) is 7.95. The van der Waals surface area contributed by atoms with Gasteiger partial charge in [0.25, 0.3) is 5.91 Å². The average Bonchev–Trinajstić information content (AvgIpc) is 2.91. The fraction of sp³-hybridized carbons (Fsp3) is 0.364. The number of benzene rings is 2. The van der Waals surface area contributed by atoms with Gasteiger partial charge in [0.1, 0.15) is 4.90 Å². The van der Waals surface area contributed by atoms with E-state index in [-0.39, 0.29) is 17.3 Å². The number of carbonyl (C=O) groups excluding carboxylic acids is 1. The van der Waals surface area contributed by atoms with Gasteiger partial charge in [-0.25, -0.2) is 8.42 Å². The number of hydrogen-bond acceptors (Lipinski definition) is 4. The van der Waals surface area contributed by atoms with Gasteiger partial charge in [-0.3, -0.25) is 9.48 Å². The highest BCUT2D eigenvalue weighted by molar-refractivity contribution is 7.89. The van der Waals surface area contributed by atoms with Crippen LogP contribution in [0.2, 0.25) is 0 Å². The second-order valence-electron chi connectivity index (χ2n) is 7.70. The molecular formula is C22H26N4O3S. The summed E-state index contributed by atoms with van der Waals surface area (Å²) in [5.41, 5.74) is 1.78. The van der Waals surface area contributed by atoms with Crippen molar-refractivity contribution < 1.29 is 13.2 Å². The number of aromatic nitrogens is 2. The number of fused-ring (bicyclic) bond motifs is 1. The molecule has 0 bridgehead atoms. The Morgan fingerprint density at radius 3 is 2.43 bits per heavy atom. The Kier molecular flexibility index (Phi) is 5.38. The van der Waals surface area contributed by atoms with Crippen molar-refractivity contribution in [1.82, 2.24) is 19.0 Å². The van der Waals surface area contributed by atoms with Gasteiger partial charge in [-0.15, -0.1) is 0 Å². The van der Waals surface area contributed by atoms with E-state index in [0.29, 0.717) is 43.0 Å². The predicted octanol–water partition coefficient (Wildman–Crippen LogP) is 2.73. The van der Waals surface area contributed by atoms with Gasteiger partial charge in [-0.05, 0) is 37.1 Å². The molecule has 8 heteroatoms. The van der Waals surface area contributed by atoms with E-state index in [4.69, 9.17) is 0 Å². The zero-order valence-corrected chi connectivity index (χ0v) is 18.3. The number of nitrogens with zero attached hydrogens (tertiary/aromatic N) is 4. The summed E-state index contributed by atoms with van der Waals surface area (Å²) in [6, 6.07) is 13.5. The Bertz CT molecular complexity index is 1210. The number of amides is 1. The molecule has 0 atom stereocenters. The van der Waals surface area contributed by atoms with Gasteiger partial charge in [0.2, 0.25) is 10.0 Å². The quantitative estimate of drug-likeness (QED) is 0.645. The summed E-state index contributed by atoms with van der Waals surface area (Å²) in [6.45, 7) is 5.02. The Labute approximate surface area is 176 Å². The van der Waals surface area contributed by atoms with Gasteiger partial charge in [-0.2, -0.15) is 9.40 Å². The number of rotatable bonds is 3. The Hall–Kier alpha value is -2.71. The smallest absolute Gasteiger partial charge is 0.254 e. The normalized spacial score (nSPS) is 16.0. The lowest BCUT2D eigenvalue weighted by atomic mass is 10.0. The molecule has 3 aromatic rings. The lowest BCUT2D eigenvalue weighted by molar-refractivity contribution is 0.0766. The van der Waals surface area contributed by atoms with Gasteiger partial charge in [0, 0.05) is 38.8 Å². The number of hydrogen-bond donors (Lipinski definition) is 0. The highest BCUT2D eigenvalue weighted by atomic mass is 32.2. The van der Waals surface area contributed by atoms with Crippen LogP contribution < -0.4 is 0 Å². The maximum Gasteiger partial charge on any atom is 0.254 e. The highest BCUT2D eigenvalue weighted by Gasteiger charge is 2.32. The van der Waals surface area contributed by atoms with Crippen LogP contribution in [0.25, 0.3) is 10.8 Å². The maximum absolute atomic E-state index is 13.3. The average molecular weight is 427 g/mol. The first-order valence-electron chi connectivity index (χ1n) is 10.1. The molecule has 1 aromatic heterocycles. The van der Waals surface area contributed by atoms with E-state index in [1.807, 2.05) is 42.5 Å². The van der Waals surface area contributed by atoms with Crippen LogP contribution in [0.5, 0.6) is 0 Å². The van der Waals surface area contributed by atoms with Crippen molar-refractivity contribution >= 4 is 26.7 Å². The van der Waals surface area contributed by atoms with Gasteiger partial charge in [-0.1, -0.05) is 36.4 Å². The summed E-state index contributed by atoms with van der Waals surface area (Å²) in [4.78, 5) is 15.3. The fourth-order valence-corrected chi connectivity index (χ4v) is 6.05. The standard InChI is InChI=1S/C22H26N4O3S/c1-16-21(17(2)24(3)23-16)30(28,29)26-13-7-12-25(14-15-26)22(27)20-11-6-9-18-8-4-5-10-19(18)20/h4-6,8-11H,7,12-15H2,1-3H3. The summed E-state index contributed by atoms with van der Waals surface area (Å²) in [7, 11) is -1.92. The molecule has 1 amide bonds. The molecule has 0 spiro atoms. The van der Waals surface area contributed by atoms with E-state index < -0.39 is 10.0 Å². The summed E-state index contributed by atoms with van der Waals surface area (Å²) in [5, 5.41) is 6.19. The Morgan fingerprint density at radius 1 is 0.967 bits per heavy atom. The van der Waals surface area contributed by atoms with Crippen LogP contribution >= 0.6 is 0 Å². The monoisotopic (exact) mass is 426 g/mol. The van der Waals surface area contributed by atoms with Crippen molar-refractivity contribution in [2.45, 2.75) is 25.2 Å². The minimum Gasteiger partial charge on any atom is -0.337 e. The molecule has 1 aliphatic rings. The van der Waals surface area contributed by atoms with Crippen LogP contribution in [-0.2, 0) is 17.1 Å². The SMILES string of the molecule is Cc1nn(C)c(C)c1S(=O)(=O)N1CCCN(C(=O)c2cccc3ccccc23)CC1. The molecule has 0 unspecified atom stereocenters. The molecule has 1 aliphatic heterocycles. The van der Waals surface area contributed by atoms with Crippen LogP contribution in [0.15, 0.2) is 47.4 Å². The molecule has 1 fully saturated rings. The first kappa shape index (κ1) is 20.6. The number of aryl methyl sites for hydroxylation is 2. The molecule has 0 saturated carbocycles. The van der Waals surface area contributed by atoms with E-state index in [9.17, 15) is 13.2 Å². The maximum atomic E-state index is 13.3. The Morgan fingerprint density at radius 2 is 1.70 bits per heavy atom. The van der Waals surface area contributed by atoms with Crippen molar-refractivity contribution in [2.75, 3.05) is 26.2 Å². The third-order valence-electron chi connectivity index (χ3n) is 5.80. The second kappa shape index (κ2) is 7.85. The van der Waals surface area contributed by atoms with Gasteiger partial charge < -0.3 is 4.90 Å². The summed E-state index contributed by atoms with van der Waals surface area (Å²) < 4.78 is 29.7. The van der Waals surface area contributed by atoms with E-state index in [1.165, 1.54) is 4.31 Å². The summed E-state index contributed by atoms with van der Waals surface area (Å²) >= 11 is 0. The van der Waals surface area contributed by atoms with Crippen LogP contribution in [0.1, 0.15) is 28.2 Å². The van der Waals surface area contributed by atoms with E-state index in [2.05, 4.69) is 5.10 Å². The van der Waals surface area contributed by atoms with Crippen molar-refractivity contribution in [3.8, 4) is 0 Å². The predicted molar refractivity (Wildman–Crippen MR) is 116 cm³/mol. The lowest BCUT2D eigenvalue weighted by Gasteiger charge is -2.22. The van der Waals surface area contributed by atoms with Gasteiger partial charge in [0.05, 0.1) is 11.4 Å². The number of sulfonamides is 1. The minimum atomic E-state index is -3.66. The molecule has 158 valence electrons. The molecule has 4 rings (SSSR count). The molecular weight excluding hydrogens is 400 g/mol. The van der Waals surface area contributed by atoms with Crippen molar-refractivity contribution in [3.05, 3.63) is 59.4 Å². The van der Waals surface area contributed by atoms with Crippen LogP contribution in [-0.4, -0.2) is 59.5 Å². The first-order chi connectivity index (χ1) is 14.3. The fourth-order valence-electron chi connectivity index (χ4n) is 4.18. The lowest BCUT2D eigenvalue weighted by Crippen LogP contribution is -2.37. The van der Waals surface area contributed by atoms with E-state index in [1.54, 1.807) is 30.5 Å². The summed E-state index contributed by atoms with van der Waals surface area (Å²) in [6.07, 6.45) is 0.591. The molecule has 0 aliphatic carbocycles. The minimum absolute atomic E-state index is 0.0558. The van der Waals surface area contributed by atoms with E-state index in [0.717, 1.165) is 10.8 Å². The van der Waals surface area contributed by atoms with E-state index >= 15 is 0 Å². The van der Waals surface area contributed by atoms with Gasteiger partial charge in [0.15, 0.2) is 0 Å². The van der Waals surface area contributed by atoms with Crippen molar-refractivity contribution in [2.24, 2.45) is 7.05 Å². The molecule has 0 N–H and O–H groups in total. The Balaban J connectivity index is 1.58. The first-order valence-corrected chi connectivity index (χ1v) is 11.5. The van der Waals surface area contributed by atoms with Crippen LogP contribution in [0.3, 0.4) is 0 Å². The molecule has 1 saturated heterocycles. The van der Waals surface area contributed by atoms with Gasteiger partial charge >= 0.3 is 0 Å². The topological polar surface area (TPSA) is 75.5 Å². The van der Waals surface area contributed by atoms with Crippen molar-refractivity contribution in [1.29, 1.82) is 0 Å². The zero-order chi connectivity index (χ0) is 21.5. The highest BCUT2D eigenvalue weighted by Crippen LogP contribution is 2.25. The molecule has 2 heterocycles.